The van der Waals surface area contributed by atoms with Gasteiger partial charge in [0.15, 0.2) is 5.82 Å². The molecule has 0 saturated carbocycles. The zero-order chi connectivity index (χ0) is 11.2. The summed E-state index contributed by atoms with van der Waals surface area (Å²) in [5.74, 6) is 1.13. The van der Waals surface area contributed by atoms with Crippen molar-refractivity contribution >= 4 is 6.29 Å². The molecule has 5 heteroatoms. The van der Waals surface area contributed by atoms with Gasteiger partial charge in [-0.2, -0.15) is 4.98 Å². The van der Waals surface area contributed by atoms with Gasteiger partial charge in [0, 0.05) is 13.0 Å². The third-order valence-electron chi connectivity index (χ3n) is 2.87. The van der Waals surface area contributed by atoms with E-state index in [2.05, 4.69) is 15.0 Å². The van der Waals surface area contributed by atoms with Crippen LogP contribution in [0.3, 0.4) is 0 Å². The number of hydrogen-bond donors (Lipinski definition) is 0. The lowest BCUT2D eigenvalue weighted by Gasteiger charge is -2.25. The number of rotatable bonds is 5. The number of carbonyl (C=O) groups is 1. The van der Waals surface area contributed by atoms with E-state index in [4.69, 9.17) is 4.52 Å². The topological polar surface area (TPSA) is 59.2 Å². The lowest BCUT2D eigenvalue weighted by molar-refractivity contribution is -0.107. The molecule has 1 aliphatic heterocycles. The minimum absolute atomic E-state index is 0.219. The van der Waals surface area contributed by atoms with Gasteiger partial charge in [0.2, 0.25) is 5.89 Å². The highest BCUT2D eigenvalue weighted by Gasteiger charge is 2.11. The van der Waals surface area contributed by atoms with Gasteiger partial charge >= 0.3 is 0 Å². The number of hydrogen-bond acceptors (Lipinski definition) is 5. The van der Waals surface area contributed by atoms with Crippen LogP contribution in [0.5, 0.6) is 0 Å². The molecule has 88 valence electrons. The Labute approximate surface area is 94.8 Å². The zero-order valence-electron chi connectivity index (χ0n) is 9.39. The highest BCUT2D eigenvalue weighted by atomic mass is 16.5. The average Bonchev–Trinajstić information content (AvgIpc) is 2.76. The van der Waals surface area contributed by atoms with E-state index in [0.29, 0.717) is 11.7 Å². The van der Waals surface area contributed by atoms with Gasteiger partial charge in [-0.05, 0) is 25.9 Å². The molecule has 1 fully saturated rings. The quantitative estimate of drug-likeness (QED) is 0.692. The first kappa shape index (κ1) is 11.3. The second-order valence-corrected chi connectivity index (χ2v) is 4.13. The molecule has 0 spiro atoms. The molecule has 0 amide bonds. The smallest absolute Gasteiger partial charge is 0.233 e. The minimum Gasteiger partial charge on any atom is -0.339 e. The first-order valence-electron chi connectivity index (χ1n) is 5.86. The van der Waals surface area contributed by atoms with Crippen LogP contribution in [-0.4, -0.2) is 41.0 Å². The van der Waals surface area contributed by atoms with Gasteiger partial charge in [-0.3, -0.25) is 0 Å². The third-order valence-corrected chi connectivity index (χ3v) is 2.87. The normalized spacial score (nSPS) is 17.5. The van der Waals surface area contributed by atoms with Crippen molar-refractivity contribution in [2.45, 2.75) is 32.1 Å². The second-order valence-electron chi connectivity index (χ2n) is 4.13. The van der Waals surface area contributed by atoms with Crippen molar-refractivity contribution in [3.63, 3.8) is 0 Å². The minimum atomic E-state index is 0.219. The zero-order valence-corrected chi connectivity index (χ0v) is 9.39. The molecule has 1 aliphatic rings. The average molecular weight is 223 g/mol. The lowest BCUT2D eigenvalue weighted by Crippen LogP contribution is -2.31. The third kappa shape index (κ3) is 3.13. The van der Waals surface area contributed by atoms with E-state index in [-0.39, 0.29) is 6.42 Å². The lowest BCUT2D eigenvalue weighted by atomic mass is 10.1. The molecule has 1 saturated heterocycles. The van der Waals surface area contributed by atoms with Gasteiger partial charge in [-0.15, -0.1) is 0 Å². The first-order chi connectivity index (χ1) is 7.88. The van der Waals surface area contributed by atoms with Crippen LogP contribution in [0.2, 0.25) is 0 Å². The Balaban J connectivity index is 1.77. The van der Waals surface area contributed by atoms with Gasteiger partial charge in [0.05, 0.1) is 6.42 Å². The molecule has 2 rings (SSSR count). The van der Waals surface area contributed by atoms with E-state index in [1.807, 2.05) is 0 Å². The molecule has 16 heavy (non-hydrogen) atoms. The summed E-state index contributed by atoms with van der Waals surface area (Å²) in [7, 11) is 0. The molecule has 0 atom stereocenters. The summed E-state index contributed by atoms with van der Waals surface area (Å²) in [6, 6.07) is 0. The summed E-state index contributed by atoms with van der Waals surface area (Å²) in [5, 5.41) is 3.85. The number of aldehydes is 1. The Bertz CT molecular complexity index is 332. The van der Waals surface area contributed by atoms with Crippen molar-refractivity contribution in [1.29, 1.82) is 0 Å². The van der Waals surface area contributed by atoms with Crippen LogP contribution in [-0.2, 0) is 17.6 Å². The Morgan fingerprint density at radius 1 is 1.31 bits per heavy atom. The van der Waals surface area contributed by atoms with Crippen LogP contribution in [0.4, 0.5) is 0 Å². The van der Waals surface area contributed by atoms with Crippen molar-refractivity contribution in [3.8, 4) is 0 Å². The van der Waals surface area contributed by atoms with Crippen LogP contribution < -0.4 is 0 Å². The maximum Gasteiger partial charge on any atom is 0.233 e. The van der Waals surface area contributed by atoms with Crippen molar-refractivity contribution in [2.24, 2.45) is 0 Å². The summed E-state index contributed by atoms with van der Waals surface area (Å²) in [6.45, 7) is 3.35. The summed E-state index contributed by atoms with van der Waals surface area (Å²) in [5.41, 5.74) is 0. The molecule has 5 nitrogen and oxygen atoms in total. The monoisotopic (exact) mass is 223 g/mol. The Hall–Kier alpha value is -1.23. The van der Waals surface area contributed by atoms with Crippen LogP contribution in [0.15, 0.2) is 4.52 Å². The van der Waals surface area contributed by atoms with Gasteiger partial charge in [0.1, 0.15) is 6.29 Å². The van der Waals surface area contributed by atoms with E-state index in [9.17, 15) is 4.79 Å². The number of likely N-dealkylation sites (tertiary alicyclic amines) is 1. The summed E-state index contributed by atoms with van der Waals surface area (Å²) < 4.78 is 4.93. The molecule has 0 aliphatic carbocycles. The largest absolute Gasteiger partial charge is 0.339 e. The van der Waals surface area contributed by atoms with E-state index in [0.717, 1.165) is 19.3 Å². The summed E-state index contributed by atoms with van der Waals surface area (Å²) in [4.78, 5) is 16.8. The molecule has 1 aromatic heterocycles. The van der Waals surface area contributed by atoms with E-state index in [1.54, 1.807) is 0 Å². The molecular weight excluding hydrogens is 206 g/mol. The number of piperidine rings is 1. The molecule has 1 aromatic rings. The van der Waals surface area contributed by atoms with Crippen LogP contribution in [0.1, 0.15) is 31.0 Å². The highest BCUT2D eigenvalue weighted by molar-refractivity contribution is 5.52. The molecule has 0 N–H and O–H groups in total. The van der Waals surface area contributed by atoms with Crippen LogP contribution in [0.25, 0.3) is 0 Å². The molecule has 0 bridgehead atoms. The predicted octanol–water partition coefficient (Wildman–Crippen LogP) is 0.839. The Morgan fingerprint density at radius 3 is 2.88 bits per heavy atom. The number of nitrogens with zero attached hydrogens (tertiary/aromatic N) is 3. The molecular formula is C11H17N3O2. The van der Waals surface area contributed by atoms with Crippen molar-refractivity contribution in [1.82, 2.24) is 15.0 Å². The number of aromatic nitrogens is 2. The van der Waals surface area contributed by atoms with E-state index >= 15 is 0 Å². The Morgan fingerprint density at radius 2 is 2.12 bits per heavy atom. The standard InChI is InChI=1S/C11H17N3O2/c15-9-5-11-12-10(13-16-11)4-8-14-6-2-1-3-7-14/h9H,1-8H2. The SMILES string of the molecule is O=CCc1nc(CCN2CCCCC2)no1. The van der Waals surface area contributed by atoms with Crippen LogP contribution in [0, 0.1) is 0 Å². The van der Waals surface area contributed by atoms with Gasteiger partial charge in [0.25, 0.3) is 0 Å². The molecule has 2 heterocycles. The van der Waals surface area contributed by atoms with Gasteiger partial charge in [-0.1, -0.05) is 11.6 Å². The van der Waals surface area contributed by atoms with Gasteiger partial charge in [-0.25, -0.2) is 0 Å². The maximum atomic E-state index is 10.3. The molecule has 0 radical (unpaired) electrons. The van der Waals surface area contributed by atoms with Crippen molar-refractivity contribution in [3.05, 3.63) is 11.7 Å². The summed E-state index contributed by atoms with van der Waals surface area (Å²) >= 11 is 0. The maximum absolute atomic E-state index is 10.3. The predicted molar refractivity (Wildman–Crippen MR) is 58.1 cm³/mol. The fraction of sp³-hybridized carbons (Fsp3) is 0.727. The summed E-state index contributed by atoms with van der Waals surface area (Å²) in [6.07, 6.45) is 5.74. The van der Waals surface area contributed by atoms with Crippen LogP contribution >= 0.6 is 0 Å². The van der Waals surface area contributed by atoms with Crippen molar-refractivity contribution < 1.29 is 9.32 Å². The highest BCUT2D eigenvalue weighted by Crippen LogP contribution is 2.09. The van der Waals surface area contributed by atoms with Gasteiger partial charge < -0.3 is 14.2 Å². The van der Waals surface area contributed by atoms with E-state index in [1.165, 1.54) is 32.4 Å². The first-order valence-corrected chi connectivity index (χ1v) is 5.86. The molecule has 0 aromatic carbocycles. The fourth-order valence-electron chi connectivity index (χ4n) is 1.99. The van der Waals surface area contributed by atoms with Crippen molar-refractivity contribution in [2.75, 3.05) is 19.6 Å². The number of carbonyl (C=O) groups excluding carboxylic acids is 1. The Kier molecular flexibility index (Phi) is 4.04. The fourth-order valence-corrected chi connectivity index (χ4v) is 1.99. The van der Waals surface area contributed by atoms with E-state index < -0.39 is 0 Å². The molecule has 0 unspecified atom stereocenters. The second kappa shape index (κ2) is 5.75.